The van der Waals surface area contributed by atoms with Gasteiger partial charge in [-0.3, -0.25) is 19.1 Å². The Hall–Kier alpha value is -3.69. The van der Waals surface area contributed by atoms with E-state index in [9.17, 15) is 19.5 Å². The van der Waals surface area contributed by atoms with Gasteiger partial charge in [-0.25, -0.2) is 4.79 Å². The fourth-order valence-electron chi connectivity index (χ4n) is 5.74. The number of nitrogens with zero attached hydrogens (tertiary/aromatic N) is 2. The number of ether oxygens (including phenoxy) is 3. The molecular formula is C28H30N2O7. The number of aliphatic hydroxyl groups excluding tert-OH is 1. The topological polar surface area (TPSA) is 107 Å². The number of amides is 1. The summed E-state index contributed by atoms with van der Waals surface area (Å²) in [6.45, 7) is 4.86. The van der Waals surface area contributed by atoms with E-state index in [1.54, 1.807) is 33.0 Å². The lowest BCUT2D eigenvalue weighted by molar-refractivity contribution is -0.166. The fraction of sp³-hybridized carbons (Fsp3) is 0.393. The second kappa shape index (κ2) is 9.00. The second-order valence-corrected chi connectivity index (χ2v) is 10.5. The Morgan fingerprint density at radius 2 is 1.84 bits per heavy atom. The van der Waals surface area contributed by atoms with Crippen molar-refractivity contribution in [3.05, 3.63) is 65.9 Å². The normalized spacial score (nSPS) is 23.4. The van der Waals surface area contributed by atoms with Crippen molar-refractivity contribution in [2.45, 2.75) is 50.2 Å². The number of para-hydroxylation sites is 2. The third-order valence-electron chi connectivity index (χ3n) is 7.02. The SMILES string of the molecule is COCN1C(=O)[C@@]2(CC(=O)O[C@H](CO)[C@H]2c2cn(C(=O)OC(C)(C)C)c3ccccc23)c2ccccc21. The third-order valence-corrected chi connectivity index (χ3v) is 7.02. The van der Waals surface area contributed by atoms with Gasteiger partial charge in [-0.05, 0) is 44.0 Å². The van der Waals surface area contributed by atoms with Crippen LogP contribution < -0.4 is 4.90 Å². The summed E-state index contributed by atoms with van der Waals surface area (Å²) in [5, 5.41) is 11.1. The molecule has 1 aromatic heterocycles. The van der Waals surface area contributed by atoms with Gasteiger partial charge in [0.15, 0.2) is 0 Å². The van der Waals surface area contributed by atoms with Gasteiger partial charge in [-0.2, -0.15) is 0 Å². The predicted molar refractivity (Wildman–Crippen MR) is 135 cm³/mol. The first kappa shape index (κ1) is 25.0. The maximum absolute atomic E-state index is 14.2. The van der Waals surface area contributed by atoms with Crippen LogP contribution in [0.4, 0.5) is 10.5 Å². The van der Waals surface area contributed by atoms with Gasteiger partial charge < -0.3 is 19.3 Å². The highest BCUT2D eigenvalue weighted by atomic mass is 16.6. The number of carbonyl (C=O) groups excluding carboxylic acids is 3. The van der Waals surface area contributed by atoms with Gasteiger partial charge in [0.1, 0.15) is 18.4 Å². The molecule has 0 unspecified atom stereocenters. The van der Waals surface area contributed by atoms with Crippen molar-refractivity contribution in [3.63, 3.8) is 0 Å². The molecule has 1 fully saturated rings. The van der Waals surface area contributed by atoms with Crippen molar-refractivity contribution in [2.75, 3.05) is 25.3 Å². The highest BCUT2D eigenvalue weighted by Gasteiger charge is 2.62. The summed E-state index contributed by atoms with van der Waals surface area (Å²) in [7, 11) is 1.50. The number of fused-ring (bicyclic) bond motifs is 3. The molecule has 0 radical (unpaired) electrons. The lowest BCUT2D eigenvalue weighted by Crippen LogP contribution is -2.55. The van der Waals surface area contributed by atoms with Gasteiger partial charge in [0, 0.05) is 24.6 Å². The summed E-state index contributed by atoms with van der Waals surface area (Å²) in [5.74, 6) is -1.67. The van der Waals surface area contributed by atoms with Crippen LogP contribution in [-0.4, -0.2) is 59.8 Å². The lowest BCUT2D eigenvalue weighted by Gasteiger charge is -2.43. The number of hydrogen-bond acceptors (Lipinski definition) is 7. The fourth-order valence-corrected chi connectivity index (χ4v) is 5.74. The average molecular weight is 507 g/mol. The zero-order valence-corrected chi connectivity index (χ0v) is 21.3. The molecule has 0 aliphatic carbocycles. The summed E-state index contributed by atoms with van der Waals surface area (Å²) >= 11 is 0. The van der Waals surface area contributed by atoms with E-state index < -0.39 is 41.7 Å². The molecule has 2 aliphatic heterocycles. The summed E-state index contributed by atoms with van der Waals surface area (Å²) in [5.41, 5.74) is 0.408. The van der Waals surface area contributed by atoms with E-state index >= 15 is 0 Å². The lowest BCUT2D eigenvalue weighted by atomic mass is 9.62. The zero-order chi connectivity index (χ0) is 26.5. The van der Waals surface area contributed by atoms with Crippen LogP contribution in [0.25, 0.3) is 10.9 Å². The number of cyclic esters (lactones) is 1. The van der Waals surface area contributed by atoms with Gasteiger partial charge in [-0.1, -0.05) is 36.4 Å². The Bertz CT molecular complexity index is 1390. The number of anilines is 1. The molecule has 3 aromatic rings. The molecule has 194 valence electrons. The number of rotatable bonds is 4. The quantitative estimate of drug-likeness (QED) is 0.538. The first-order chi connectivity index (χ1) is 17.6. The molecule has 0 bridgehead atoms. The van der Waals surface area contributed by atoms with Crippen LogP contribution in [0.3, 0.4) is 0 Å². The smallest absolute Gasteiger partial charge is 0.419 e. The van der Waals surface area contributed by atoms with E-state index in [0.29, 0.717) is 27.7 Å². The predicted octanol–water partition coefficient (Wildman–Crippen LogP) is 3.70. The number of methoxy groups -OCH3 is 1. The minimum Gasteiger partial charge on any atom is -0.459 e. The van der Waals surface area contributed by atoms with Crippen LogP contribution in [0.15, 0.2) is 54.7 Å². The van der Waals surface area contributed by atoms with Gasteiger partial charge in [0.05, 0.1) is 29.6 Å². The van der Waals surface area contributed by atoms with Gasteiger partial charge in [-0.15, -0.1) is 0 Å². The van der Waals surface area contributed by atoms with Gasteiger partial charge >= 0.3 is 12.1 Å². The molecule has 2 aliphatic rings. The Morgan fingerprint density at radius 3 is 2.54 bits per heavy atom. The summed E-state index contributed by atoms with van der Waals surface area (Å²) < 4.78 is 18.0. The van der Waals surface area contributed by atoms with E-state index in [1.807, 2.05) is 42.5 Å². The number of aromatic nitrogens is 1. The maximum Gasteiger partial charge on any atom is 0.419 e. The van der Waals surface area contributed by atoms with Crippen LogP contribution in [0.1, 0.15) is 44.2 Å². The standard InChI is InChI=1S/C28H30N2O7/c1-27(2,3)37-26(34)29-14-18(17-9-5-7-11-20(17)29)24-22(15-31)36-23(32)13-28(24)19-10-6-8-12-21(19)30(16-35-4)25(28)33/h5-12,14,22,24,31H,13,15-16H2,1-4H3/t22-,24-,28+/m1/s1. The first-order valence-electron chi connectivity index (χ1n) is 12.2. The first-order valence-corrected chi connectivity index (χ1v) is 12.2. The summed E-state index contributed by atoms with van der Waals surface area (Å²) in [4.78, 5) is 41.9. The number of hydrogen-bond donors (Lipinski definition) is 1. The number of benzene rings is 2. The van der Waals surface area contributed by atoms with Crippen molar-refractivity contribution >= 4 is 34.6 Å². The minimum absolute atomic E-state index is 0.00280. The van der Waals surface area contributed by atoms with Crippen LogP contribution in [0, 0.1) is 0 Å². The van der Waals surface area contributed by atoms with Crippen molar-refractivity contribution < 1.29 is 33.7 Å². The molecular weight excluding hydrogens is 476 g/mol. The largest absolute Gasteiger partial charge is 0.459 e. The summed E-state index contributed by atoms with van der Waals surface area (Å²) in [6.07, 6.45) is -0.159. The molecule has 1 N–H and O–H groups in total. The van der Waals surface area contributed by atoms with Crippen molar-refractivity contribution in [1.82, 2.24) is 4.57 Å². The molecule has 1 spiro atoms. The Kier molecular flexibility index (Phi) is 6.08. The zero-order valence-electron chi connectivity index (χ0n) is 21.3. The molecule has 1 amide bonds. The van der Waals surface area contributed by atoms with Crippen LogP contribution >= 0.6 is 0 Å². The highest BCUT2D eigenvalue weighted by molar-refractivity contribution is 6.11. The van der Waals surface area contributed by atoms with Crippen LogP contribution in [0.5, 0.6) is 0 Å². The highest BCUT2D eigenvalue weighted by Crippen LogP contribution is 2.56. The summed E-state index contributed by atoms with van der Waals surface area (Å²) in [6, 6.07) is 14.6. The van der Waals surface area contributed by atoms with E-state index in [0.717, 1.165) is 0 Å². The second-order valence-electron chi connectivity index (χ2n) is 10.5. The van der Waals surface area contributed by atoms with Crippen molar-refractivity contribution in [3.8, 4) is 0 Å². The monoisotopic (exact) mass is 506 g/mol. The molecule has 3 heterocycles. The Balaban J connectivity index is 1.77. The average Bonchev–Trinajstić information content (AvgIpc) is 3.34. The Morgan fingerprint density at radius 1 is 1.14 bits per heavy atom. The molecule has 5 rings (SSSR count). The molecule has 9 nitrogen and oxygen atoms in total. The molecule has 1 saturated heterocycles. The molecule has 2 aromatic carbocycles. The van der Waals surface area contributed by atoms with E-state index in [2.05, 4.69) is 0 Å². The van der Waals surface area contributed by atoms with Gasteiger partial charge in [0.25, 0.3) is 0 Å². The van der Waals surface area contributed by atoms with Gasteiger partial charge in [0.2, 0.25) is 5.91 Å². The molecule has 0 saturated carbocycles. The van der Waals surface area contributed by atoms with Crippen molar-refractivity contribution in [1.29, 1.82) is 0 Å². The minimum atomic E-state index is -1.36. The molecule has 9 heteroatoms. The Labute approximate surface area is 214 Å². The van der Waals surface area contributed by atoms with E-state index in [1.165, 1.54) is 16.6 Å². The van der Waals surface area contributed by atoms with Crippen LogP contribution in [-0.2, 0) is 29.2 Å². The van der Waals surface area contributed by atoms with Crippen molar-refractivity contribution in [2.24, 2.45) is 0 Å². The molecule has 37 heavy (non-hydrogen) atoms. The van der Waals surface area contributed by atoms with E-state index in [4.69, 9.17) is 14.2 Å². The van der Waals surface area contributed by atoms with Crippen LogP contribution in [0.2, 0.25) is 0 Å². The maximum atomic E-state index is 14.2. The third kappa shape index (κ3) is 3.89. The number of aliphatic hydroxyl groups is 1. The number of carbonyl (C=O) groups is 3. The number of esters is 1. The molecule has 3 atom stereocenters. The van der Waals surface area contributed by atoms with E-state index in [-0.39, 0.29) is 19.1 Å².